The number of hydrogen-bond acceptors (Lipinski definition) is 5. The molecule has 0 spiro atoms. The van der Waals surface area contributed by atoms with Gasteiger partial charge in [0.1, 0.15) is 18.1 Å². The predicted molar refractivity (Wildman–Crippen MR) is 86.5 cm³/mol. The summed E-state index contributed by atoms with van der Waals surface area (Å²) in [5.41, 5.74) is 8.83. The highest BCUT2D eigenvalue weighted by Gasteiger charge is 2.15. The van der Waals surface area contributed by atoms with E-state index in [2.05, 4.69) is 15.0 Å². The number of rotatable bonds is 4. The fourth-order valence-electron chi connectivity index (χ4n) is 1.93. The summed E-state index contributed by atoms with van der Waals surface area (Å²) < 4.78 is 7.21. The number of imidazole rings is 1. The van der Waals surface area contributed by atoms with Crippen molar-refractivity contribution in [2.24, 2.45) is 0 Å². The van der Waals surface area contributed by atoms with Crippen molar-refractivity contribution in [2.75, 3.05) is 5.73 Å². The lowest BCUT2D eigenvalue weighted by atomic mass is 10.2. The van der Waals surface area contributed by atoms with Crippen LogP contribution >= 0.6 is 23.2 Å². The average molecular weight is 336 g/mol. The van der Waals surface area contributed by atoms with Crippen molar-refractivity contribution in [1.82, 2.24) is 19.5 Å². The maximum absolute atomic E-state index is 6.00. The van der Waals surface area contributed by atoms with Crippen molar-refractivity contribution in [3.05, 3.63) is 47.8 Å². The first-order valence-corrected chi connectivity index (χ1v) is 7.14. The topological polar surface area (TPSA) is 78.9 Å². The van der Waals surface area contributed by atoms with Gasteiger partial charge in [-0.1, -0.05) is 53.5 Å². The molecule has 0 aliphatic rings. The van der Waals surface area contributed by atoms with Gasteiger partial charge in [-0.3, -0.25) is 4.57 Å². The molecule has 0 bridgehead atoms. The molecule has 0 fully saturated rings. The summed E-state index contributed by atoms with van der Waals surface area (Å²) in [5.74, 6) is 0.362. The van der Waals surface area contributed by atoms with Crippen LogP contribution in [0.15, 0.2) is 42.2 Å². The summed E-state index contributed by atoms with van der Waals surface area (Å²) in [4.78, 5) is 12.4. The van der Waals surface area contributed by atoms with Crippen LogP contribution in [0, 0.1) is 0 Å². The second kappa shape index (κ2) is 6.21. The molecule has 0 saturated heterocycles. The molecule has 0 atom stereocenters. The monoisotopic (exact) mass is 335 g/mol. The van der Waals surface area contributed by atoms with Gasteiger partial charge in [0.15, 0.2) is 11.2 Å². The third-order valence-corrected chi connectivity index (χ3v) is 3.53. The molecular formula is C14H11Cl2N5O. The van der Waals surface area contributed by atoms with E-state index in [1.807, 2.05) is 30.3 Å². The van der Waals surface area contributed by atoms with E-state index in [-0.39, 0.29) is 11.1 Å². The van der Waals surface area contributed by atoms with E-state index in [0.717, 1.165) is 5.56 Å². The highest BCUT2D eigenvalue weighted by Crippen LogP contribution is 2.26. The van der Waals surface area contributed by atoms with E-state index in [4.69, 9.17) is 33.7 Å². The van der Waals surface area contributed by atoms with Gasteiger partial charge in [0.05, 0.1) is 0 Å². The van der Waals surface area contributed by atoms with Crippen LogP contribution in [0.3, 0.4) is 0 Å². The SMILES string of the molecule is Nc1nc(OCc2ccccc2)c2ncn(/C(Cl)=C/Cl)c2n1. The Balaban J connectivity index is 1.97. The Bertz CT molecular complexity index is 832. The van der Waals surface area contributed by atoms with Gasteiger partial charge in [0, 0.05) is 5.54 Å². The fourth-order valence-corrected chi connectivity index (χ4v) is 2.15. The molecule has 0 aliphatic carbocycles. The van der Waals surface area contributed by atoms with Crippen LogP contribution in [0.5, 0.6) is 5.88 Å². The Morgan fingerprint density at radius 2 is 2.05 bits per heavy atom. The van der Waals surface area contributed by atoms with Gasteiger partial charge in [0.25, 0.3) is 0 Å². The summed E-state index contributed by atoms with van der Waals surface area (Å²) in [6, 6.07) is 9.71. The van der Waals surface area contributed by atoms with E-state index in [1.54, 1.807) is 0 Å². The summed E-state index contributed by atoms with van der Waals surface area (Å²) >= 11 is 11.6. The zero-order valence-electron chi connectivity index (χ0n) is 11.3. The number of nitrogens with zero attached hydrogens (tertiary/aromatic N) is 4. The van der Waals surface area contributed by atoms with Crippen LogP contribution in [0.4, 0.5) is 5.95 Å². The van der Waals surface area contributed by atoms with Crippen LogP contribution in [0.25, 0.3) is 16.3 Å². The van der Waals surface area contributed by atoms with Gasteiger partial charge in [-0.15, -0.1) is 0 Å². The lowest BCUT2D eigenvalue weighted by Crippen LogP contribution is -2.03. The standard InChI is InChI=1S/C14H11Cl2N5O/c15-6-10(16)21-8-18-11-12(21)19-14(17)20-13(11)22-7-9-4-2-1-3-5-9/h1-6,8H,7H2,(H2,17,19,20)/b10-6+. The molecule has 0 unspecified atom stereocenters. The first-order chi connectivity index (χ1) is 10.7. The summed E-state index contributed by atoms with van der Waals surface area (Å²) in [7, 11) is 0. The molecule has 112 valence electrons. The molecule has 2 N–H and O–H groups in total. The van der Waals surface area contributed by atoms with Gasteiger partial charge >= 0.3 is 0 Å². The number of halogens is 2. The molecule has 1 aromatic carbocycles. The number of nitrogens with two attached hydrogens (primary N) is 1. The highest BCUT2D eigenvalue weighted by atomic mass is 35.5. The lowest BCUT2D eigenvalue weighted by molar-refractivity contribution is 0.297. The van der Waals surface area contributed by atoms with Crippen LogP contribution in [-0.2, 0) is 6.61 Å². The minimum Gasteiger partial charge on any atom is -0.471 e. The molecule has 3 rings (SSSR count). The largest absolute Gasteiger partial charge is 0.471 e. The van der Waals surface area contributed by atoms with E-state index in [9.17, 15) is 0 Å². The Hall–Kier alpha value is -2.31. The minimum absolute atomic E-state index is 0.0661. The normalized spacial score (nSPS) is 11.8. The molecule has 2 heterocycles. The zero-order valence-corrected chi connectivity index (χ0v) is 12.8. The van der Waals surface area contributed by atoms with E-state index < -0.39 is 0 Å². The molecule has 0 amide bonds. The first kappa shape index (κ1) is 14.6. The van der Waals surface area contributed by atoms with Crippen molar-refractivity contribution in [1.29, 1.82) is 0 Å². The number of benzene rings is 1. The Kier molecular flexibility index (Phi) is 4.13. The predicted octanol–water partition coefficient (Wildman–Crippen LogP) is 3.22. The van der Waals surface area contributed by atoms with Crippen molar-refractivity contribution >= 4 is 45.5 Å². The van der Waals surface area contributed by atoms with Crippen LogP contribution < -0.4 is 10.5 Å². The first-order valence-electron chi connectivity index (χ1n) is 6.32. The second-order valence-corrected chi connectivity index (χ2v) is 4.99. The number of hydrogen-bond donors (Lipinski definition) is 1. The van der Waals surface area contributed by atoms with Crippen molar-refractivity contribution < 1.29 is 4.74 Å². The number of aromatic nitrogens is 4. The smallest absolute Gasteiger partial charge is 0.247 e. The molecule has 0 saturated carbocycles. The summed E-state index contributed by atoms with van der Waals surface area (Å²) in [6.07, 6.45) is 1.48. The summed E-state index contributed by atoms with van der Waals surface area (Å²) in [5, 5.41) is 0.247. The van der Waals surface area contributed by atoms with Gasteiger partial charge < -0.3 is 10.5 Å². The van der Waals surface area contributed by atoms with E-state index >= 15 is 0 Å². The number of ether oxygens (including phenoxy) is 1. The molecule has 8 heteroatoms. The zero-order chi connectivity index (χ0) is 15.5. The molecule has 2 aromatic heterocycles. The van der Waals surface area contributed by atoms with Crippen molar-refractivity contribution in [3.8, 4) is 5.88 Å². The Morgan fingerprint density at radius 1 is 1.27 bits per heavy atom. The Morgan fingerprint density at radius 3 is 2.77 bits per heavy atom. The van der Waals surface area contributed by atoms with Crippen LogP contribution in [0.2, 0.25) is 0 Å². The molecule has 22 heavy (non-hydrogen) atoms. The van der Waals surface area contributed by atoms with Gasteiger partial charge in [-0.25, -0.2) is 4.98 Å². The number of anilines is 1. The quantitative estimate of drug-likeness (QED) is 0.791. The third kappa shape index (κ3) is 2.84. The molecule has 3 aromatic rings. The Labute approximate surface area is 136 Å². The molecular weight excluding hydrogens is 325 g/mol. The van der Waals surface area contributed by atoms with E-state index in [0.29, 0.717) is 23.7 Å². The average Bonchev–Trinajstić information content (AvgIpc) is 2.96. The van der Waals surface area contributed by atoms with Crippen LogP contribution in [0.1, 0.15) is 5.56 Å². The fraction of sp³-hybridized carbons (Fsp3) is 0.0714. The van der Waals surface area contributed by atoms with Crippen LogP contribution in [-0.4, -0.2) is 19.5 Å². The van der Waals surface area contributed by atoms with Gasteiger partial charge in [-0.2, -0.15) is 9.97 Å². The molecule has 0 aliphatic heterocycles. The highest BCUT2D eigenvalue weighted by molar-refractivity contribution is 6.50. The molecule has 0 radical (unpaired) electrons. The van der Waals surface area contributed by atoms with Crippen molar-refractivity contribution in [2.45, 2.75) is 6.61 Å². The summed E-state index contributed by atoms with van der Waals surface area (Å²) in [6.45, 7) is 0.346. The van der Waals surface area contributed by atoms with Crippen molar-refractivity contribution in [3.63, 3.8) is 0 Å². The number of nitrogen functional groups attached to an aromatic ring is 1. The maximum Gasteiger partial charge on any atom is 0.247 e. The minimum atomic E-state index is 0.0661. The lowest BCUT2D eigenvalue weighted by Gasteiger charge is -2.07. The second-order valence-electron chi connectivity index (χ2n) is 4.38. The van der Waals surface area contributed by atoms with Gasteiger partial charge in [-0.05, 0) is 5.56 Å². The van der Waals surface area contributed by atoms with E-state index in [1.165, 1.54) is 16.4 Å². The van der Waals surface area contributed by atoms with Gasteiger partial charge in [0.2, 0.25) is 11.8 Å². The third-order valence-electron chi connectivity index (χ3n) is 2.92. The number of fused-ring (bicyclic) bond motifs is 1. The molecule has 6 nitrogen and oxygen atoms in total. The maximum atomic E-state index is 6.00.